The standard InChI is InChI=1S/C12H12FNO3/c13-10-7-9(8-14)4-5-11(10)17-6-2-1-3-12(15)16/h4-5,7H,1-3,6H2,(H,15,16). The number of halogens is 1. The van der Waals surface area contributed by atoms with E-state index >= 15 is 0 Å². The summed E-state index contributed by atoms with van der Waals surface area (Å²) < 4.78 is 18.4. The summed E-state index contributed by atoms with van der Waals surface area (Å²) in [6.45, 7) is 0.260. The van der Waals surface area contributed by atoms with E-state index in [0.717, 1.165) is 6.07 Å². The number of aliphatic carboxylic acids is 1. The number of ether oxygens (including phenoxy) is 1. The molecule has 0 saturated heterocycles. The van der Waals surface area contributed by atoms with Gasteiger partial charge in [0, 0.05) is 6.42 Å². The molecule has 0 aliphatic heterocycles. The lowest BCUT2D eigenvalue weighted by Gasteiger charge is -2.06. The van der Waals surface area contributed by atoms with Crippen molar-refractivity contribution in [1.29, 1.82) is 5.26 Å². The van der Waals surface area contributed by atoms with Crippen LogP contribution < -0.4 is 4.74 Å². The van der Waals surface area contributed by atoms with Crippen molar-refractivity contribution in [3.05, 3.63) is 29.6 Å². The zero-order valence-corrected chi connectivity index (χ0v) is 9.15. The summed E-state index contributed by atoms with van der Waals surface area (Å²) in [6.07, 6.45) is 1.12. The third-order valence-corrected chi connectivity index (χ3v) is 2.10. The van der Waals surface area contributed by atoms with Crippen LogP contribution in [0.25, 0.3) is 0 Å². The molecule has 0 amide bonds. The first-order chi connectivity index (χ1) is 8.13. The summed E-state index contributed by atoms with van der Waals surface area (Å²) >= 11 is 0. The highest BCUT2D eigenvalue weighted by atomic mass is 19.1. The molecule has 17 heavy (non-hydrogen) atoms. The van der Waals surface area contributed by atoms with E-state index in [0.29, 0.717) is 12.8 Å². The molecular formula is C12H12FNO3. The van der Waals surface area contributed by atoms with Crippen LogP contribution in [-0.4, -0.2) is 17.7 Å². The molecule has 0 aromatic heterocycles. The molecule has 0 bridgehead atoms. The van der Waals surface area contributed by atoms with Gasteiger partial charge in [-0.05, 0) is 31.0 Å². The van der Waals surface area contributed by atoms with E-state index in [-0.39, 0.29) is 24.3 Å². The Morgan fingerprint density at radius 2 is 2.24 bits per heavy atom. The van der Waals surface area contributed by atoms with Gasteiger partial charge in [-0.15, -0.1) is 0 Å². The molecule has 1 rings (SSSR count). The number of rotatable bonds is 6. The van der Waals surface area contributed by atoms with Crippen LogP contribution in [0.15, 0.2) is 18.2 Å². The van der Waals surface area contributed by atoms with E-state index in [1.807, 2.05) is 6.07 Å². The summed E-state index contributed by atoms with van der Waals surface area (Å²) in [4.78, 5) is 10.2. The van der Waals surface area contributed by atoms with Gasteiger partial charge >= 0.3 is 5.97 Å². The van der Waals surface area contributed by atoms with Gasteiger partial charge in [-0.3, -0.25) is 4.79 Å². The van der Waals surface area contributed by atoms with Crippen LogP contribution in [0.2, 0.25) is 0 Å². The number of carbonyl (C=O) groups is 1. The number of unbranched alkanes of at least 4 members (excludes halogenated alkanes) is 1. The summed E-state index contributed by atoms with van der Waals surface area (Å²) in [5, 5.41) is 16.9. The van der Waals surface area contributed by atoms with Crippen LogP contribution in [0.1, 0.15) is 24.8 Å². The van der Waals surface area contributed by atoms with E-state index in [9.17, 15) is 9.18 Å². The molecule has 0 radical (unpaired) electrons. The fourth-order valence-electron chi connectivity index (χ4n) is 1.25. The highest BCUT2D eigenvalue weighted by Crippen LogP contribution is 2.18. The van der Waals surface area contributed by atoms with Gasteiger partial charge in [0.25, 0.3) is 0 Å². The van der Waals surface area contributed by atoms with Crippen molar-refractivity contribution in [2.24, 2.45) is 0 Å². The van der Waals surface area contributed by atoms with Gasteiger partial charge < -0.3 is 9.84 Å². The molecule has 0 unspecified atom stereocenters. The molecule has 0 heterocycles. The largest absolute Gasteiger partial charge is 0.491 e. The Balaban J connectivity index is 2.37. The zero-order chi connectivity index (χ0) is 12.7. The Labute approximate surface area is 98.2 Å². The van der Waals surface area contributed by atoms with Crippen molar-refractivity contribution >= 4 is 5.97 Å². The van der Waals surface area contributed by atoms with Gasteiger partial charge in [0.05, 0.1) is 18.2 Å². The first-order valence-electron chi connectivity index (χ1n) is 5.17. The lowest BCUT2D eigenvalue weighted by Crippen LogP contribution is -2.01. The van der Waals surface area contributed by atoms with Crippen molar-refractivity contribution in [3.63, 3.8) is 0 Å². The molecule has 0 saturated carbocycles. The molecule has 0 aliphatic rings. The fraction of sp³-hybridized carbons (Fsp3) is 0.333. The van der Waals surface area contributed by atoms with Crippen LogP contribution in [0, 0.1) is 17.1 Å². The predicted molar refractivity (Wildman–Crippen MR) is 58.1 cm³/mol. The fourth-order valence-corrected chi connectivity index (χ4v) is 1.25. The summed E-state index contributed by atoms with van der Waals surface area (Å²) in [7, 11) is 0. The van der Waals surface area contributed by atoms with Crippen LogP contribution in [-0.2, 0) is 4.79 Å². The number of benzene rings is 1. The van der Waals surface area contributed by atoms with E-state index in [2.05, 4.69) is 0 Å². The number of hydrogen-bond donors (Lipinski definition) is 1. The lowest BCUT2D eigenvalue weighted by molar-refractivity contribution is -0.137. The Kier molecular flexibility index (Phi) is 4.95. The molecule has 0 spiro atoms. The van der Waals surface area contributed by atoms with E-state index in [4.69, 9.17) is 15.1 Å². The molecule has 0 aliphatic carbocycles. The van der Waals surface area contributed by atoms with Crippen LogP contribution in [0.5, 0.6) is 5.75 Å². The molecule has 0 fully saturated rings. The Bertz CT molecular complexity index is 440. The molecular weight excluding hydrogens is 225 g/mol. The SMILES string of the molecule is N#Cc1ccc(OCCCCC(=O)O)c(F)c1. The first kappa shape index (κ1) is 13.0. The maximum Gasteiger partial charge on any atom is 0.303 e. The smallest absolute Gasteiger partial charge is 0.303 e. The second-order valence-corrected chi connectivity index (χ2v) is 3.46. The van der Waals surface area contributed by atoms with Crippen LogP contribution >= 0.6 is 0 Å². The second-order valence-electron chi connectivity index (χ2n) is 3.46. The minimum Gasteiger partial charge on any atom is -0.491 e. The summed E-state index contributed by atoms with van der Waals surface area (Å²) in [5.41, 5.74) is 0.237. The molecule has 4 nitrogen and oxygen atoms in total. The number of carboxylic acid groups (broad SMARTS) is 1. The summed E-state index contributed by atoms with van der Waals surface area (Å²) in [6, 6.07) is 5.79. The maximum atomic E-state index is 13.3. The van der Waals surface area contributed by atoms with Crippen LogP contribution in [0.3, 0.4) is 0 Å². The second kappa shape index (κ2) is 6.48. The molecule has 1 aromatic carbocycles. The van der Waals surface area contributed by atoms with E-state index in [1.54, 1.807) is 0 Å². The minimum atomic E-state index is -0.852. The van der Waals surface area contributed by atoms with Gasteiger partial charge in [0.15, 0.2) is 11.6 Å². The van der Waals surface area contributed by atoms with E-state index < -0.39 is 11.8 Å². The third kappa shape index (κ3) is 4.51. The van der Waals surface area contributed by atoms with Crippen molar-refractivity contribution in [3.8, 4) is 11.8 Å². The van der Waals surface area contributed by atoms with Gasteiger partial charge in [-0.25, -0.2) is 4.39 Å². The Hall–Kier alpha value is -2.09. The zero-order valence-electron chi connectivity index (χ0n) is 9.15. The van der Waals surface area contributed by atoms with Crippen molar-refractivity contribution in [2.75, 3.05) is 6.61 Å². The average molecular weight is 237 g/mol. The minimum absolute atomic E-state index is 0.0826. The van der Waals surface area contributed by atoms with Crippen molar-refractivity contribution < 1.29 is 19.0 Å². The molecule has 5 heteroatoms. The number of hydrogen-bond acceptors (Lipinski definition) is 3. The molecule has 1 N–H and O–H groups in total. The molecule has 90 valence electrons. The monoisotopic (exact) mass is 237 g/mol. The predicted octanol–water partition coefficient (Wildman–Crippen LogP) is 2.33. The lowest BCUT2D eigenvalue weighted by atomic mass is 10.2. The average Bonchev–Trinajstić information content (AvgIpc) is 2.30. The first-order valence-corrected chi connectivity index (χ1v) is 5.17. The normalized spacial score (nSPS) is 9.65. The number of nitrogens with zero attached hydrogens (tertiary/aromatic N) is 1. The summed E-state index contributed by atoms with van der Waals surface area (Å²) in [5.74, 6) is -1.35. The molecule has 0 atom stereocenters. The highest BCUT2D eigenvalue weighted by Gasteiger charge is 2.04. The topological polar surface area (TPSA) is 70.3 Å². The number of nitriles is 1. The van der Waals surface area contributed by atoms with Crippen molar-refractivity contribution in [2.45, 2.75) is 19.3 Å². The Morgan fingerprint density at radius 3 is 2.82 bits per heavy atom. The van der Waals surface area contributed by atoms with Gasteiger partial charge in [-0.1, -0.05) is 0 Å². The van der Waals surface area contributed by atoms with Gasteiger partial charge in [0.1, 0.15) is 0 Å². The molecule has 1 aromatic rings. The van der Waals surface area contributed by atoms with E-state index in [1.165, 1.54) is 12.1 Å². The maximum absolute atomic E-state index is 13.3. The van der Waals surface area contributed by atoms with Crippen molar-refractivity contribution in [1.82, 2.24) is 0 Å². The van der Waals surface area contributed by atoms with Gasteiger partial charge in [-0.2, -0.15) is 5.26 Å². The van der Waals surface area contributed by atoms with Gasteiger partial charge in [0.2, 0.25) is 0 Å². The third-order valence-electron chi connectivity index (χ3n) is 2.10. The van der Waals surface area contributed by atoms with Crippen LogP contribution in [0.4, 0.5) is 4.39 Å². The quantitative estimate of drug-likeness (QED) is 0.771. The number of carboxylic acids is 1. The Morgan fingerprint density at radius 1 is 1.47 bits per heavy atom. The highest BCUT2D eigenvalue weighted by molar-refractivity contribution is 5.66.